The second-order valence-electron chi connectivity index (χ2n) is 6.84. The van der Waals surface area contributed by atoms with Gasteiger partial charge in [0.25, 0.3) is 0 Å². The molecule has 0 amide bonds. The average Bonchev–Trinajstić information content (AvgIpc) is 2.49. The van der Waals surface area contributed by atoms with Crippen LogP contribution < -0.4 is 8.97 Å². The topological polar surface area (TPSA) is 0 Å². The van der Waals surface area contributed by atoms with Crippen LogP contribution in [0.3, 0.4) is 0 Å². The first-order chi connectivity index (χ1) is 9.92. The van der Waals surface area contributed by atoms with Crippen molar-refractivity contribution in [3.05, 3.63) is 60.7 Å². The molecule has 0 aliphatic rings. The molecule has 0 atom stereocenters. The van der Waals surface area contributed by atoms with E-state index in [0.29, 0.717) is 0 Å². The molecule has 0 unspecified atom stereocenters. The van der Waals surface area contributed by atoms with Gasteiger partial charge in [-0.2, -0.15) is 0 Å². The Morgan fingerprint density at radius 2 is 0.905 bits per heavy atom. The highest BCUT2D eigenvalue weighted by atomic mass is 15.3. The summed E-state index contributed by atoms with van der Waals surface area (Å²) in [7, 11) is 9.16. The van der Waals surface area contributed by atoms with E-state index in [1.807, 2.05) is 0 Å². The van der Waals surface area contributed by atoms with Crippen molar-refractivity contribution in [1.29, 1.82) is 0 Å². The van der Waals surface area contributed by atoms with Gasteiger partial charge in [0.15, 0.2) is 0 Å². The first-order valence-corrected chi connectivity index (χ1v) is 7.69. The molecular weight excluding hydrogens is 256 g/mol. The summed E-state index contributed by atoms with van der Waals surface area (Å²) in [5, 5.41) is 0. The van der Waals surface area contributed by atoms with E-state index in [9.17, 15) is 0 Å². The summed E-state index contributed by atoms with van der Waals surface area (Å²) >= 11 is 0. The lowest BCUT2D eigenvalue weighted by molar-refractivity contribution is 0.334. The average molecular weight is 284 g/mol. The molecule has 0 radical (unpaired) electrons. The second-order valence-corrected chi connectivity index (χ2v) is 6.84. The third kappa shape index (κ3) is 4.16. The van der Waals surface area contributed by atoms with Gasteiger partial charge in [-0.25, -0.2) is 0 Å². The predicted molar refractivity (Wildman–Crippen MR) is 94.5 cm³/mol. The first-order valence-electron chi connectivity index (χ1n) is 7.69. The lowest BCUT2D eigenvalue weighted by atomic mass is 10.2. The van der Waals surface area contributed by atoms with Gasteiger partial charge in [0.1, 0.15) is 11.4 Å². The van der Waals surface area contributed by atoms with Gasteiger partial charge < -0.3 is 0 Å². The van der Waals surface area contributed by atoms with Gasteiger partial charge in [-0.3, -0.25) is 8.97 Å². The van der Waals surface area contributed by atoms with Crippen LogP contribution in [0.4, 0.5) is 11.4 Å². The van der Waals surface area contributed by atoms with E-state index in [-0.39, 0.29) is 0 Å². The Balaban J connectivity index is 1.95. The summed E-state index contributed by atoms with van der Waals surface area (Å²) in [6.45, 7) is 2.30. The van der Waals surface area contributed by atoms with Crippen LogP contribution in [0.5, 0.6) is 0 Å². The molecule has 0 aliphatic carbocycles. The van der Waals surface area contributed by atoms with Crippen LogP contribution in [0.2, 0.25) is 0 Å². The fourth-order valence-electron chi connectivity index (χ4n) is 2.78. The Morgan fingerprint density at radius 1 is 0.571 bits per heavy atom. The fourth-order valence-corrected chi connectivity index (χ4v) is 2.78. The van der Waals surface area contributed by atoms with Gasteiger partial charge in [0.05, 0.1) is 41.3 Å². The largest absolute Gasteiger partial charge is 0.296 e. The predicted octanol–water partition coefficient (Wildman–Crippen LogP) is 3.91. The number of nitrogens with zero attached hydrogens (tertiary/aromatic N) is 2. The van der Waals surface area contributed by atoms with Crippen LogP contribution in [-0.2, 0) is 0 Å². The number of hydrogen-bond donors (Lipinski definition) is 0. The van der Waals surface area contributed by atoms with Gasteiger partial charge in [0, 0.05) is 6.42 Å². The lowest BCUT2D eigenvalue weighted by Gasteiger charge is -2.33. The van der Waals surface area contributed by atoms with Crippen molar-refractivity contribution in [3.8, 4) is 0 Å². The minimum absolute atomic E-state index is 0.940. The van der Waals surface area contributed by atoms with Crippen LogP contribution in [0, 0.1) is 0 Å². The Kier molecular flexibility index (Phi) is 4.81. The minimum atomic E-state index is 0.940. The molecule has 0 aliphatic heterocycles. The molecule has 0 spiro atoms. The molecule has 0 heterocycles. The standard InChI is InChI=1S/C19H28N2/c1-20(2,18-12-7-5-8-13-18)16-11-17-21(3,4)19-14-9-6-10-15-19/h5-10,12-15H,11,16-17H2,1-4H3/q+2. The summed E-state index contributed by atoms with van der Waals surface area (Å²) < 4.78 is 1.88. The summed E-state index contributed by atoms with van der Waals surface area (Å²) in [6, 6.07) is 21.5. The maximum Gasteiger partial charge on any atom is 0.132 e. The molecule has 0 bridgehead atoms. The van der Waals surface area contributed by atoms with Crippen molar-refractivity contribution in [2.75, 3.05) is 41.3 Å². The van der Waals surface area contributed by atoms with Crippen molar-refractivity contribution >= 4 is 11.4 Å². The SMILES string of the molecule is C[N+](C)(CCC[N+](C)(C)c1ccccc1)c1ccccc1. The molecule has 0 saturated carbocycles. The monoisotopic (exact) mass is 284 g/mol. The van der Waals surface area contributed by atoms with Gasteiger partial charge in [-0.15, -0.1) is 0 Å². The normalized spacial score (nSPS) is 12.4. The van der Waals surface area contributed by atoms with Crippen molar-refractivity contribution in [1.82, 2.24) is 8.97 Å². The van der Waals surface area contributed by atoms with Gasteiger partial charge in [-0.1, -0.05) is 36.4 Å². The van der Waals surface area contributed by atoms with Gasteiger partial charge in [-0.05, 0) is 24.3 Å². The summed E-state index contributed by atoms with van der Waals surface area (Å²) in [5.74, 6) is 0. The van der Waals surface area contributed by atoms with E-state index < -0.39 is 0 Å². The number of benzene rings is 2. The van der Waals surface area contributed by atoms with Crippen molar-refractivity contribution in [2.24, 2.45) is 0 Å². The van der Waals surface area contributed by atoms with Crippen LogP contribution in [-0.4, -0.2) is 41.3 Å². The third-order valence-electron chi connectivity index (χ3n) is 4.34. The fraction of sp³-hybridized carbons (Fsp3) is 0.368. The zero-order chi connectivity index (χ0) is 15.3. The third-order valence-corrected chi connectivity index (χ3v) is 4.34. The quantitative estimate of drug-likeness (QED) is 0.706. The maximum absolute atomic E-state index is 2.29. The summed E-state index contributed by atoms with van der Waals surface area (Å²) in [5.41, 5.74) is 2.75. The molecule has 2 nitrogen and oxygen atoms in total. The molecule has 2 rings (SSSR count). The molecule has 0 fully saturated rings. The zero-order valence-corrected chi connectivity index (χ0v) is 13.8. The molecule has 2 aromatic rings. The molecular formula is C19H28N2+2. The first kappa shape index (κ1) is 15.7. The molecule has 0 aromatic heterocycles. The number of hydrogen-bond acceptors (Lipinski definition) is 0. The highest BCUT2D eigenvalue weighted by molar-refractivity contribution is 5.42. The van der Waals surface area contributed by atoms with E-state index in [0.717, 1.165) is 22.1 Å². The van der Waals surface area contributed by atoms with Crippen molar-refractivity contribution in [3.63, 3.8) is 0 Å². The second kappa shape index (κ2) is 6.42. The Labute approximate surface area is 129 Å². The summed E-state index contributed by atoms with van der Waals surface area (Å²) in [4.78, 5) is 0. The van der Waals surface area contributed by atoms with Crippen LogP contribution in [0.1, 0.15) is 6.42 Å². The molecule has 112 valence electrons. The Hall–Kier alpha value is -1.64. The smallest absolute Gasteiger partial charge is 0.132 e. The van der Waals surface area contributed by atoms with Gasteiger partial charge in [0.2, 0.25) is 0 Å². The van der Waals surface area contributed by atoms with Gasteiger partial charge >= 0.3 is 0 Å². The Morgan fingerprint density at radius 3 is 1.24 bits per heavy atom. The number of rotatable bonds is 6. The van der Waals surface area contributed by atoms with Crippen LogP contribution in [0.15, 0.2) is 60.7 Å². The van der Waals surface area contributed by atoms with E-state index in [1.165, 1.54) is 17.8 Å². The number of para-hydroxylation sites is 2. The van der Waals surface area contributed by atoms with E-state index in [4.69, 9.17) is 0 Å². The highest BCUT2D eigenvalue weighted by Gasteiger charge is 2.23. The molecule has 0 N–H and O–H groups in total. The Bertz CT molecular complexity index is 493. The summed E-state index contributed by atoms with van der Waals surface area (Å²) in [6.07, 6.45) is 1.20. The van der Waals surface area contributed by atoms with Crippen molar-refractivity contribution in [2.45, 2.75) is 6.42 Å². The number of quaternary nitrogens is 2. The van der Waals surface area contributed by atoms with E-state index in [2.05, 4.69) is 88.9 Å². The molecule has 0 saturated heterocycles. The molecule has 21 heavy (non-hydrogen) atoms. The highest BCUT2D eigenvalue weighted by Crippen LogP contribution is 2.21. The van der Waals surface area contributed by atoms with E-state index >= 15 is 0 Å². The molecule has 2 aromatic carbocycles. The minimum Gasteiger partial charge on any atom is -0.296 e. The van der Waals surface area contributed by atoms with Crippen LogP contribution >= 0.6 is 0 Å². The maximum atomic E-state index is 2.29. The molecule has 2 heteroatoms. The lowest BCUT2D eigenvalue weighted by Crippen LogP contribution is -2.46. The van der Waals surface area contributed by atoms with Crippen molar-refractivity contribution < 1.29 is 0 Å². The van der Waals surface area contributed by atoms with E-state index in [1.54, 1.807) is 0 Å². The van der Waals surface area contributed by atoms with Crippen LogP contribution in [0.25, 0.3) is 0 Å². The zero-order valence-electron chi connectivity index (χ0n) is 13.8.